The van der Waals surface area contributed by atoms with E-state index in [4.69, 9.17) is 5.84 Å². The molecule has 1 aromatic rings. The van der Waals surface area contributed by atoms with Gasteiger partial charge in [0.25, 0.3) is 5.91 Å². The van der Waals surface area contributed by atoms with Crippen molar-refractivity contribution in [2.24, 2.45) is 5.84 Å². The first-order chi connectivity index (χ1) is 6.15. The van der Waals surface area contributed by atoms with Crippen molar-refractivity contribution >= 4 is 17.4 Å². The number of nitrogen functional groups attached to an aromatic ring is 1. The van der Waals surface area contributed by atoms with E-state index in [-0.39, 0.29) is 10.8 Å². The summed E-state index contributed by atoms with van der Waals surface area (Å²) in [6.45, 7) is 0. The highest BCUT2D eigenvalue weighted by atomic mass is 32.1. The fourth-order valence-corrected chi connectivity index (χ4v) is 1.54. The molecule has 2 rings (SSSR count). The van der Waals surface area contributed by atoms with Crippen molar-refractivity contribution < 1.29 is 9.18 Å². The first kappa shape index (κ1) is 8.52. The number of rotatable bonds is 2. The van der Waals surface area contributed by atoms with Gasteiger partial charge >= 0.3 is 0 Å². The second-order valence-corrected chi connectivity index (χ2v) is 3.61. The second kappa shape index (κ2) is 2.71. The summed E-state index contributed by atoms with van der Waals surface area (Å²) in [4.78, 5) is 14.7. The Balaban J connectivity index is 2.23. The lowest BCUT2D eigenvalue weighted by Crippen LogP contribution is -2.29. The van der Waals surface area contributed by atoms with Gasteiger partial charge in [-0.05, 0) is 24.4 Å². The van der Waals surface area contributed by atoms with Crippen LogP contribution in [0.5, 0.6) is 0 Å². The molecule has 1 heterocycles. The van der Waals surface area contributed by atoms with Gasteiger partial charge < -0.3 is 0 Å². The van der Waals surface area contributed by atoms with Crippen molar-refractivity contribution in [3.8, 4) is 0 Å². The van der Waals surface area contributed by atoms with Crippen LogP contribution in [0.15, 0.2) is 0 Å². The smallest absolute Gasteiger partial charge is 0.288 e. The normalized spacial score (nSPS) is 18.3. The highest BCUT2D eigenvalue weighted by Crippen LogP contribution is 2.48. The van der Waals surface area contributed by atoms with Crippen LogP contribution in [0, 0.1) is 0 Å². The van der Waals surface area contributed by atoms with Crippen LogP contribution in [0.1, 0.15) is 28.5 Å². The van der Waals surface area contributed by atoms with E-state index in [1.165, 1.54) is 0 Å². The highest BCUT2D eigenvalue weighted by molar-refractivity contribution is 7.07. The van der Waals surface area contributed by atoms with E-state index in [0.29, 0.717) is 12.8 Å². The molecule has 0 unspecified atom stereocenters. The highest BCUT2D eigenvalue weighted by Gasteiger charge is 2.49. The zero-order valence-corrected chi connectivity index (χ0v) is 7.40. The molecule has 0 saturated heterocycles. The van der Waals surface area contributed by atoms with Crippen LogP contribution in [-0.4, -0.2) is 15.3 Å². The summed E-state index contributed by atoms with van der Waals surface area (Å²) in [6.07, 6.45) is 0.876. The molecule has 0 radical (unpaired) electrons. The summed E-state index contributed by atoms with van der Waals surface area (Å²) in [7, 11) is 0. The standard InChI is InChI=1S/C6H7FN4OS/c7-6(1-2-6)5-9-4(13-11-5)3(12)10-8/h1-2,8H2,(H,10,12). The molecular weight excluding hydrogens is 195 g/mol. The Morgan fingerprint density at radius 2 is 2.38 bits per heavy atom. The third-order valence-corrected chi connectivity index (χ3v) is 2.55. The number of alkyl halides is 1. The molecule has 5 nitrogen and oxygen atoms in total. The lowest BCUT2D eigenvalue weighted by Gasteiger charge is -1.94. The molecule has 1 amide bonds. The number of hydrogen-bond donors (Lipinski definition) is 2. The molecule has 13 heavy (non-hydrogen) atoms. The molecule has 0 spiro atoms. The predicted octanol–water partition coefficient (Wildman–Crippen LogP) is 0.100. The Hall–Kier alpha value is -1.08. The van der Waals surface area contributed by atoms with Crippen molar-refractivity contribution in [1.29, 1.82) is 0 Å². The van der Waals surface area contributed by atoms with Crippen LogP contribution in [0.4, 0.5) is 4.39 Å². The minimum atomic E-state index is -1.39. The minimum absolute atomic E-state index is 0.0985. The summed E-state index contributed by atoms with van der Waals surface area (Å²) in [5.41, 5.74) is 0.528. The maximum absolute atomic E-state index is 13.3. The zero-order chi connectivity index (χ0) is 9.47. The van der Waals surface area contributed by atoms with Gasteiger partial charge in [0.05, 0.1) is 0 Å². The van der Waals surface area contributed by atoms with Crippen molar-refractivity contribution in [2.45, 2.75) is 18.5 Å². The van der Waals surface area contributed by atoms with E-state index in [1.54, 1.807) is 0 Å². The van der Waals surface area contributed by atoms with Gasteiger partial charge in [-0.2, -0.15) is 4.37 Å². The molecule has 1 saturated carbocycles. The number of nitrogens with two attached hydrogens (primary N) is 1. The molecule has 1 aromatic heterocycles. The molecule has 1 aliphatic carbocycles. The summed E-state index contributed by atoms with van der Waals surface area (Å²) >= 11 is 0.856. The average molecular weight is 202 g/mol. The molecule has 0 aliphatic heterocycles. The second-order valence-electron chi connectivity index (χ2n) is 2.86. The molecule has 3 N–H and O–H groups in total. The molecule has 70 valence electrons. The number of nitrogens with one attached hydrogen (secondary N) is 1. The van der Waals surface area contributed by atoms with Crippen LogP contribution < -0.4 is 11.3 Å². The summed E-state index contributed by atoms with van der Waals surface area (Å²) in [5, 5.41) is 0.0985. The summed E-state index contributed by atoms with van der Waals surface area (Å²) in [6, 6.07) is 0. The molecule has 7 heteroatoms. The van der Waals surface area contributed by atoms with E-state index in [9.17, 15) is 9.18 Å². The monoisotopic (exact) mass is 202 g/mol. The summed E-state index contributed by atoms with van der Waals surface area (Å²) in [5.74, 6) is 4.46. The molecule has 0 atom stereocenters. The maximum Gasteiger partial charge on any atom is 0.295 e. The van der Waals surface area contributed by atoms with Gasteiger partial charge in [0, 0.05) is 0 Å². The van der Waals surface area contributed by atoms with E-state index in [1.807, 2.05) is 5.43 Å². The van der Waals surface area contributed by atoms with E-state index in [2.05, 4.69) is 9.36 Å². The van der Waals surface area contributed by atoms with Gasteiger partial charge in [-0.1, -0.05) is 0 Å². The number of carbonyl (C=O) groups is 1. The van der Waals surface area contributed by atoms with Crippen LogP contribution in [0.2, 0.25) is 0 Å². The maximum atomic E-state index is 13.3. The zero-order valence-electron chi connectivity index (χ0n) is 6.58. The number of carbonyl (C=O) groups excluding carboxylic acids is 1. The molecule has 0 aromatic carbocycles. The number of aromatic nitrogens is 2. The Labute approximate surface area is 77.3 Å². The van der Waals surface area contributed by atoms with E-state index < -0.39 is 11.6 Å². The molecule has 0 bridgehead atoms. The SMILES string of the molecule is NNC(=O)c1nc(C2(F)CC2)ns1. The topological polar surface area (TPSA) is 80.9 Å². The fourth-order valence-electron chi connectivity index (χ4n) is 0.893. The first-order valence-corrected chi connectivity index (χ1v) is 4.47. The van der Waals surface area contributed by atoms with Crippen LogP contribution in [0.3, 0.4) is 0 Å². The van der Waals surface area contributed by atoms with Crippen molar-refractivity contribution in [3.63, 3.8) is 0 Å². The number of nitrogens with zero attached hydrogens (tertiary/aromatic N) is 2. The number of hydrazine groups is 1. The van der Waals surface area contributed by atoms with E-state index in [0.717, 1.165) is 11.5 Å². The first-order valence-electron chi connectivity index (χ1n) is 3.70. The lowest BCUT2D eigenvalue weighted by atomic mass is 10.3. The number of hydrogen-bond acceptors (Lipinski definition) is 5. The van der Waals surface area contributed by atoms with Gasteiger partial charge in [-0.15, -0.1) is 0 Å². The van der Waals surface area contributed by atoms with Gasteiger partial charge in [0.2, 0.25) is 5.01 Å². The Kier molecular flexibility index (Phi) is 1.77. The van der Waals surface area contributed by atoms with E-state index >= 15 is 0 Å². The number of amides is 1. The van der Waals surface area contributed by atoms with Crippen LogP contribution in [-0.2, 0) is 5.67 Å². The Morgan fingerprint density at radius 1 is 1.69 bits per heavy atom. The van der Waals surface area contributed by atoms with Gasteiger partial charge in [0.1, 0.15) is 0 Å². The average Bonchev–Trinajstić information content (AvgIpc) is 2.72. The fraction of sp³-hybridized carbons (Fsp3) is 0.500. The largest absolute Gasteiger partial charge is 0.295 e. The Bertz CT molecular complexity index is 348. The van der Waals surface area contributed by atoms with Crippen molar-refractivity contribution in [1.82, 2.24) is 14.8 Å². The summed E-state index contributed by atoms with van der Waals surface area (Å²) < 4.78 is 17.1. The number of halogens is 1. The molecule has 1 aliphatic rings. The van der Waals surface area contributed by atoms with Gasteiger partial charge in [-0.3, -0.25) is 10.2 Å². The quantitative estimate of drug-likeness (QED) is 0.405. The lowest BCUT2D eigenvalue weighted by molar-refractivity contribution is 0.0953. The molecular formula is C6H7FN4OS. The van der Waals surface area contributed by atoms with Crippen LogP contribution >= 0.6 is 11.5 Å². The minimum Gasteiger partial charge on any atom is -0.288 e. The van der Waals surface area contributed by atoms with Gasteiger partial charge in [0.15, 0.2) is 11.5 Å². The molecule has 1 fully saturated rings. The third kappa shape index (κ3) is 1.40. The predicted molar refractivity (Wildman–Crippen MR) is 43.6 cm³/mol. The van der Waals surface area contributed by atoms with Gasteiger partial charge in [-0.25, -0.2) is 15.2 Å². The van der Waals surface area contributed by atoms with Crippen molar-refractivity contribution in [2.75, 3.05) is 0 Å². The third-order valence-electron chi connectivity index (χ3n) is 1.84. The Morgan fingerprint density at radius 3 is 2.92 bits per heavy atom. The van der Waals surface area contributed by atoms with Crippen LogP contribution in [0.25, 0.3) is 0 Å². The van der Waals surface area contributed by atoms with Crippen molar-refractivity contribution in [3.05, 3.63) is 10.8 Å².